The molecule has 0 saturated carbocycles. The monoisotopic (exact) mass is 258 g/mol. The lowest BCUT2D eigenvalue weighted by molar-refractivity contribution is 0.00835. The van der Waals surface area contributed by atoms with E-state index < -0.39 is 0 Å². The van der Waals surface area contributed by atoms with Crippen LogP contribution in [0.15, 0.2) is 0 Å². The van der Waals surface area contributed by atoms with E-state index in [1.807, 2.05) is 14.0 Å². The number of aliphatic hydroxyl groups excluding tert-OH is 1. The fraction of sp³-hybridized carbons (Fsp3) is 0.750. The van der Waals surface area contributed by atoms with Crippen LogP contribution in [0.3, 0.4) is 0 Å². The quantitative estimate of drug-likeness (QED) is 0.898. The smallest absolute Gasteiger partial charge is 0.130 e. The molecule has 2 heterocycles. The van der Waals surface area contributed by atoms with Crippen LogP contribution in [0, 0.1) is 12.8 Å². The molecule has 1 aromatic rings. The van der Waals surface area contributed by atoms with Crippen LogP contribution in [0.1, 0.15) is 24.1 Å². The summed E-state index contributed by atoms with van der Waals surface area (Å²) in [7, 11) is 1.82. The average molecular weight is 259 g/mol. The minimum Gasteiger partial charge on any atom is -0.392 e. The van der Waals surface area contributed by atoms with Crippen LogP contribution in [-0.4, -0.2) is 34.2 Å². The Labute approximate surface area is 107 Å². The standard InChI is InChI=1S/C12H19ClN2O2/c1-8-10(12(13)15(2)14-8)7-11(16)9-3-5-17-6-4-9/h9,11,16H,3-7H2,1-2H3. The van der Waals surface area contributed by atoms with Gasteiger partial charge in [-0.1, -0.05) is 11.6 Å². The summed E-state index contributed by atoms with van der Waals surface area (Å²) in [6.07, 6.45) is 2.10. The Morgan fingerprint density at radius 3 is 2.71 bits per heavy atom. The van der Waals surface area contributed by atoms with Gasteiger partial charge in [0, 0.05) is 32.2 Å². The van der Waals surface area contributed by atoms with Gasteiger partial charge < -0.3 is 9.84 Å². The number of aryl methyl sites for hydroxylation is 2. The van der Waals surface area contributed by atoms with E-state index in [9.17, 15) is 5.11 Å². The first-order chi connectivity index (χ1) is 8.09. The van der Waals surface area contributed by atoms with Crippen molar-refractivity contribution in [3.05, 3.63) is 16.4 Å². The Morgan fingerprint density at radius 1 is 1.53 bits per heavy atom. The van der Waals surface area contributed by atoms with Crippen molar-refractivity contribution in [2.24, 2.45) is 13.0 Å². The van der Waals surface area contributed by atoms with Crippen LogP contribution in [0.2, 0.25) is 5.15 Å². The molecule has 1 unspecified atom stereocenters. The van der Waals surface area contributed by atoms with E-state index in [-0.39, 0.29) is 6.10 Å². The number of hydrogen-bond donors (Lipinski definition) is 1. The predicted octanol–water partition coefficient (Wildman–Crippen LogP) is 1.71. The molecule has 1 aliphatic rings. The lowest BCUT2D eigenvalue weighted by Crippen LogP contribution is -2.29. The Balaban J connectivity index is 2.04. The number of aliphatic hydroxyl groups is 1. The highest BCUT2D eigenvalue weighted by atomic mass is 35.5. The average Bonchev–Trinajstić information content (AvgIpc) is 2.57. The molecule has 1 aromatic heterocycles. The van der Waals surface area contributed by atoms with Crippen LogP contribution in [0.5, 0.6) is 0 Å². The third kappa shape index (κ3) is 2.81. The lowest BCUT2D eigenvalue weighted by atomic mass is 9.90. The topological polar surface area (TPSA) is 47.3 Å². The number of ether oxygens (including phenoxy) is 1. The molecular weight excluding hydrogens is 240 g/mol. The summed E-state index contributed by atoms with van der Waals surface area (Å²) < 4.78 is 6.95. The molecule has 5 heteroatoms. The van der Waals surface area contributed by atoms with Gasteiger partial charge in [0.05, 0.1) is 11.8 Å². The molecule has 1 saturated heterocycles. The highest BCUT2D eigenvalue weighted by Crippen LogP contribution is 2.26. The SMILES string of the molecule is Cc1nn(C)c(Cl)c1CC(O)C1CCOCC1. The minimum absolute atomic E-state index is 0.319. The fourth-order valence-corrected chi connectivity index (χ4v) is 2.63. The van der Waals surface area contributed by atoms with Crippen molar-refractivity contribution in [1.82, 2.24) is 9.78 Å². The summed E-state index contributed by atoms with van der Waals surface area (Å²) in [4.78, 5) is 0. The van der Waals surface area contributed by atoms with Crippen LogP contribution in [0.4, 0.5) is 0 Å². The molecule has 1 aliphatic heterocycles. The number of nitrogens with zero attached hydrogens (tertiary/aromatic N) is 2. The Bertz CT molecular complexity index is 386. The molecule has 96 valence electrons. The zero-order valence-corrected chi connectivity index (χ0v) is 11.1. The maximum atomic E-state index is 10.2. The maximum Gasteiger partial charge on any atom is 0.130 e. The van der Waals surface area contributed by atoms with Gasteiger partial charge in [-0.2, -0.15) is 5.10 Å². The largest absolute Gasteiger partial charge is 0.392 e. The van der Waals surface area contributed by atoms with Crippen LogP contribution in [-0.2, 0) is 18.2 Å². The molecule has 1 atom stereocenters. The van der Waals surface area contributed by atoms with Gasteiger partial charge in [-0.25, -0.2) is 0 Å². The van der Waals surface area contributed by atoms with Crippen LogP contribution >= 0.6 is 11.6 Å². The van der Waals surface area contributed by atoms with Crippen molar-refractivity contribution in [1.29, 1.82) is 0 Å². The van der Waals surface area contributed by atoms with E-state index in [2.05, 4.69) is 5.10 Å². The molecule has 17 heavy (non-hydrogen) atoms. The highest BCUT2D eigenvalue weighted by molar-refractivity contribution is 6.30. The maximum absolute atomic E-state index is 10.2. The Kier molecular flexibility index (Phi) is 4.07. The highest BCUT2D eigenvalue weighted by Gasteiger charge is 2.24. The third-order valence-electron chi connectivity index (χ3n) is 3.49. The summed E-state index contributed by atoms with van der Waals surface area (Å²) in [5, 5.41) is 15.1. The van der Waals surface area contributed by atoms with E-state index in [0.29, 0.717) is 17.5 Å². The fourth-order valence-electron chi connectivity index (χ4n) is 2.38. The zero-order valence-electron chi connectivity index (χ0n) is 10.3. The van der Waals surface area contributed by atoms with Gasteiger partial charge >= 0.3 is 0 Å². The summed E-state index contributed by atoms with van der Waals surface area (Å²) >= 11 is 6.16. The second-order valence-electron chi connectivity index (χ2n) is 4.70. The first kappa shape index (κ1) is 12.9. The summed E-state index contributed by atoms with van der Waals surface area (Å²) in [6.45, 7) is 3.43. The van der Waals surface area contributed by atoms with Gasteiger partial charge in [-0.05, 0) is 25.7 Å². The van der Waals surface area contributed by atoms with Crippen LogP contribution < -0.4 is 0 Å². The molecular formula is C12H19ClN2O2. The van der Waals surface area contributed by atoms with Gasteiger partial charge in [0.2, 0.25) is 0 Å². The zero-order chi connectivity index (χ0) is 12.4. The van der Waals surface area contributed by atoms with Crippen molar-refractivity contribution in [3.63, 3.8) is 0 Å². The van der Waals surface area contributed by atoms with Crippen molar-refractivity contribution in [2.75, 3.05) is 13.2 Å². The predicted molar refractivity (Wildman–Crippen MR) is 66.2 cm³/mol. The number of aromatic nitrogens is 2. The summed E-state index contributed by atoms with van der Waals surface area (Å²) in [5.74, 6) is 0.319. The first-order valence-corrected chi connectivity index (χ1v) is 6.41. The van der Waals surface area contributed by atoms with E-state index in [4.69, 9.17) is 16.3 Å². The molecule has 4 nitrogen and oxygen atoms in total. The van der Waals surface area contributed by atoms with E-state index >= 15 is 0 Å². The number of halogens is 1. The molecule has 0 radical (unpaired) electrons. The first-order valence-electron chi connectivity index (χ1n) is 6.03. The second kappa shape index (κ2) is 5.38. The van der Waals surface area contributed by atoms with Gasteiger partial charge in [-0.3, -0.25) is 4.68 Å². The molecule has 0 bridgehead atoms. The molecule has 1 fully saturated rings. The van der Waals surface area contributed by atoms with Gasteiger partial charge in [-0.15, -0.1) is 0 Å². The molecule has 0 aliphatic carbocycles. The number of hydrogen-bond acceptors (Lipinski definition) is 3. The molecule has 0 aromatic carbocycles. The molecule has 2 rings (SSSR count). The second-order valence-corrected chi connectivity index (χ2v) is 5.06. The molecule has 1 N–H and O–H groups in total. The van der Waals surface area contributed by atoms with Crippen molar-refractivity contribution < 1.29 is 9.84 Å². The summed E-state index contributed by atoms with van der Waals surface area (Å²) in [5.41, 5.74) is 1.87. The number of rotatable bonds is 3. The van der Waals surface area contributed by atoms with Crippen molar-refractivity contribution in [2.45, 2.75) is 32.3 Å². The molecule has 0 spiro atoms. The third-order valence-corrected chi connectivity index (χ3v) is 3.97. The van der Waals surface area contributed by atoms with Gasteiger partial charge in [0.1, 0.15) is 5.15 Å². The summed E-state index contributed by atoms with van der Waals surface area (Å²) in [6, 6.07) is 0. The van der Waals surface area contributed by atoms with Gasteiger partial charge in [0.15, 0.2) is 0 Å². The Morgan fingerprint density at radius 2 is 2.18 bits per heavy atom. The van der Waals surface area contributed by atoms with E-state index in [1.54, 1.807) is 4.68 Å². The normalized spacial score (nSPS) is 19.5. The Hall–Kier alpha value is -0.580. The van der Waals surface area contributed by atoms with Crippen molar-refractivity contribution >= 4 is 11.6 Å². The lowest BCUT2D eigenvalue weighted by Gasteiger charge is -2.26. The van der Waals surface area contributed by atoms with Gasteiger partial charge in [0.25, 0.3) is 0 Å². The van der Waals surface area contributed by atoms with E-state index in [0.717, 1.165) is 37.3 Å². The minimum atomic E-state index is -0.348. The van der Waals surface area contributed by atoms with Crippen molar-refractivity contribution in [3.8, 4) is 0 Å². The van der Waals surface area contributed by atoms with E-state index in [1.165, 1.54) is 0 Å². The van der Waals surface area contributed by atoms with Crippen LogP contribution in [0.25, 0.3) is 0 Å². The molecule has 0 amide bonds.